The lowest BCUT2D eigenvalue weighted by Crippen LogP contribution is -2.20. The third-order valence-electron chi connectivity index (χ3n) is 2.95. The van der Waals surface area contributed by atoms with Gasteiger partial charge in [-0.05, 0) is 30.3 Å². The standard InChI is InChI=1S/C15H10F6N2O2/c16-14(17,18)8-4-9(15(19,20)21)6-11(5-8)23-13(25)22-10-2-1-3-12(24)7-10/h1-7,24H,(H2,22,23,25). The van der Waals surface area contributed by atoms with E-state index < -0.39 is 35.2 Å². The number of hydrogen-bond donors (Lipinski definition) is 3. The summed E-state index contributed by atoms with van der Waals surface area (Å²) in [6.45, 7) is 0. The molecule has 0 aliphatic carbocycles. The van der Waals surface area contributed by atoms with Gasteiger partial charge in [-0.1, -0.05) is 6.07 Å². The molecule has 0 spiro atoms. The molecule has 0 aliphatic heterocycles. The molecule has 0 radical (unpaired) electrons. The molecular weight excluding hydrogens is 354 g/mol. The average Bonchev–Trinajstić information content (AvgIpc) is 2.44. The van der Waals surface area contributed by atoms with Crippen molar-refractivity contribution >= 4 is 17.4 Å². The van der Waals surface area contributed by atoms with Crippen LogP contribution in [0.1, 0.15) is 11.1 Å². The third kappa shape index (κ3) is 5.03. The lowest BCUT2D eigenvalue weighted by Gasteiger charge is -2.15. The number of carbonyl (C=O) groups is 1. The first kappa shape index (κ1) is 18.4. The Labute approximate surface area is 137 Å². The minimum atomic E-state index is -5.01. The zero-order valence-electron chi connectivity index (χ0n) is 12.2. The predicted octanol–water partition coefficient (Wildman–Crippen LogP) is 5.07. The number of phenols is 1. The number of halogens is 6. The summed E-state index contributed by atoms with van der Waals surface area (Å²) >= 11 is 0. The molecule has 2 aromatic rings. The molecule has 2 aromatic carbocycles. The maximum atomic E-state index is 12.7. The number of urea groups is 1. The Morgan fingerprint density at radius 1 is 0.800 bits per heavy atom. The van der Waals surface area contributed by atoms with Crippen LogP contribution in [-0.4, -0.2) is 11.1 Å². The molecule has 0 fully saturated rings. The van der Waals surface area contributed by atoms with Crippen molar-refractivity contribution in [1.82, 2.24) is 0 Å². The predicted molar refractivity (Wildman–Crippen MR) is 77.2 cm³/mol. The van der Waals surface area contributed by atoms with E-state index in [0.717, 1.165) is 6.07 Å². The number of aromatic hydroxyl groups is 1. The molecule has 10 heteroatoms. The van der Waals surface area contributed by atoms with Gasteiger partial charge in [0.15, 0.2) is 0 Å². The van der Waals surface area contributed by atoms with Gasteiger partial charge in [0.05, 0.1) is 11.1 Å². The van der Waals surface area contributed by atoms with Crippen LogP contribution in [0.2, 0.25) is 0 Å². The molecule has 0 atom stereocenters. The van der Waals surface area contributed by atoms with E-state index in [1.165, 1.54) is 18.2 Å². The zero-order chi connectivity index (χ0) is 18.8. The highest BCUT2D eigenvalue weighted by Gasteiger charge is 2.37. The molecule has 3 N–H and O–H groups in total. The van der Waals surface area contributed by atoms with E-state index in [4.69, 9.17) is 0 Å². The average molecular weight is 364 g/mol. The Kier molecular flexibility index (Phi) is 4.82. The van der Waals surface area contributed by atoms with Crippen molar-refractivity contribution in [3.05, 3.63) is 53.6 Å². The summed E-state index contributed by atoms with van der Waals surface area (Å²) in [5.74, 6) is -0.184. The van der Waals surface area contributed by atoms with Crippen LogP contribution in [0.4, 0.5) is 42.5 Å². The first-order chi connectivity index (χ1) is 11.4. The summed E-state index contributed by atoms with van der Waals surface area (Å²) in [5, 5.41) is 13.3. The maximum Gasteiger partial charge on any atom is 0.416 e. The summed E-state index contributed by atoms with van der Waals surface area (Å²) in [4.78, 5) is 11.7. The van der Waals surface area contributed by atoms with Crippen LogP contribution < -0.4 is 10.6 Å². The fourth-order valence-corrected chi connectivity index (χ4v) is 1.90. The molecule has 4 nitrogen and oxygen atoms in total. The number of hydrogen-bond acceptors (Lipinski definition) is 2. The molecule has 0 saturated carbocycles. The van der Waals surface area contributed by atoms with Crippen LogP contribution in [-0.2, 0) is 12.4 Å². The molecule has 0 unspecified atom stereocenters. The molecule has 2 amide bonds. The number of phenolic OH excluding ortho intramolecular Hbond substituents is 1. The molecule has 0 aromatic heterocycles. The second-order valence-corrected chi connectivity index (χ2v) is 4.92. The van der Waals surface area contributed by atoms with Crippen molar-refractivity contribution < 1.29 is 36.2 Å². The first-order valence-corrected chi connectivity index (χ1v) is 6.62. The van der Waals surface area contributed by atoms with Gasteiger partial charge in [-0.15, -0.1) is 0 Å². The number of carbonyl (C=O) groups excluding carboxylic acids is 1. The van der Waals surface area contributed by atoms with Crippen molar-refractivity contribution in [2.45, 2.75) is 12.4 Å². The minimum absolute atomic E-state index is 0.0433. The van der Waals surface area contributed by atoms with Gasteiger partial charge in [0.2, 0.25) is 0 Å². The molecule has 25 heavy (non-hydrogen) atoms. The molecule has 0 saturated heterocycles. The summed E-state index contributed by atoms with van der Waals surface area (Å²) < 4.78 is 76.4. The monoisotopic (exact) mass is 364 g/mol. The molecule has 0 bridgehead atoms. The second-order valence-electron chi connectivity index (χ2n) is 4.92. The second kappa shape index (κ2) is 6.54. The molecule has 134 valence electrons. The van der Waals surface area contributed by atoms with Crippen molar-refractivity contribution in [3.63, 3.8) is 0 Å². The van der Waals surface area contributed by atoms with Crippen molar-refractivity contribution in [3.8, 4) is 5.75 Å². The fraction of sp³-hybridized carbons (Fsp3) is 0.133. The van der Waals surface area contributed by atoms with Gasteiger partial charge in [0, 0.05) is 17.4 Å². The van der Waals surface area contributed by atoms with E-state index in [0.29, 0.717) is 12.1 Å². The number of alkyl halides is 6. The molecule has 0 heterocycles. The van der Waals surface area contributed by atoms with Gasteiger partial charge in [-0.25, -0.2) is 4.79 Å². The fourth-order valence-electron chi connectivity index (χ4n) is 1.90. The topological polar surface area (TPSA) is 61.4 Å². The Hall–Kier alpha value is -2.91. The lowest BCUT2D eigenvalue weighted by molar-refractivity contribution is -0.143. The van der Waals surface area contributed by atoms with E-state index in [2.05, 4.69) is 5.32 Å². The third-order valence-corrected chi connectivity index (χ3v) is 2.95. The number of amides is 2. The Bertz CT molecular complexity index is 754. The number of rotatable bonds is 2. The van der Waals surface area contributed by atoms with Crippen LogP contribution in [0.5, 0.6) is 5.75 Å². The SMILES string of the molecule is O=C(Nc1cccc(O)c1)Nc1cc(C(F)(F)F)cc(C(F)(F)F)c1. The first-order valence-electron chi connectivity index (χ1n) is 6.62. The largest absolute Gasteiger partial charge is 0.508 e. The van der Waals surface area contributed by atoms with Crippen molar-refractivity contribution in [2.75, 3.05) is 10.6 Å². The van der Waals surface area contributed by atoms with Crippen molar-refractivity contribution in [2.24, 2.45) is 0 Å². The number of anilines is 2. The van der Waals surface area contributed by atoms with Crippen molar-refractivity contribution in [1.29, 1.82) is 0 Å². The summed E-state index contributed by atoms with van der Waals surface area (Å²) in [6, 6.07) is 4.87. The number of nitrogens with one attached hydrogen (secondary N) is 2. The van der Waals surface area contributed by atoms with Gasteiger partial charge in [-0.3, -0.25) is 0 Å². The van der Waals surface area contributed by atoms with Gasteiger partial charge >= 0.3 is 18.4 Å². The van der Waals surface area contributed by atoms with E-state index in [1.807, 2.05) is 5.32 Å². The summed E-state index contributed by atoms with van der Waals surface area (Å²) in [7, 11) is 0. The van der Waals surface area contributed by atoms with E-state index in [9.17, 15) is 36.2 Å². The number of benzene rings is 2. The van der Waals surface area contributed by atoms with Crippen LogP contribution in [0.15, 0.2) is 42.5 Å². The Balaban J connectivity index is 2.27. The minimum Gasteiger partial charge on any atom is -0.508 e. The normalized spacial score (nSPS) is 11.9. The van der Waals surface area contributed by atoms with Crippen LogP contribution in [0, 0.1) is 0 Å². The van der Waals surface area contributed by atoms with Gasteiger partial charge < -0.3 is 15.7 Å². The van der Waals surface area contributed by atoms with E-state index in [-0.39, 0.29) is 17.5 Å². The maximum absolute atomic E-state index is 12.7. The zero-order valence-corrected chi connectivity index (χ0v) is 12.2. The van der Waals surface area contributed by atoms with Crippen LogP contribution in [0.25, 0.3) is 0 Å². The highest BCUT2D eigenvalue weighted by Crippen LogP contribution is 2.37. The van der Waals surface area contributed by atoms with E-state index >= 15 is 0 Å². The highest BCUT2D eigenvalue weighted by molar-refractivity contribution is 5.99. The van der Waals surface area contributed by atoms with E-state index in [1.54, 1.807) is 0 Å². The highest BCUT2D eigenvalue weighted by atomic mass is 19.4. The van der Waals surface area contributed by atoms with Gasteiger partial charge in [-0.2, -0.15) is 26.3 Å². The Morgan fingerprint density at radius 2 is 1.32 bits per heavy atom. The molecule has 0 aliphatic rings. The lowest BCUT2D eigenvalue weighted by atomic mass is 10.1. The Morgan fingerprint density at radius 3 is 1.80 bits per heavy atom. The smallest absolute Gasteiger partial charge is 0.416 e. The summed E-state index contributed by atoms with van der Waals surface area (Å²) in [6.07, 6.45) is -10.0. The van der Waals surface area contributed by atoms with Crippen LogP contribution in [0.3, 0.4) is 0 Å². The van der Waals surface area contributed by atoms with Gasteiger partial charge in [0.1, 0.15) is 5.75 Å². The van der Waals surface area contributed by atoms with Gasteiger partial charge in [0.25, 0.3) is 0 Å². The quantitative estimate of drug-likeness (QED) is 0.652. The van der Waals surface area contributed by atoms with Crippen LogP contribution >= 0.6 is 0 Å². The molecular formula is C15H10F6N2O2. The molecule has 2 rings (SSSR count). The summed E-state index contributed by atoms with van der Waals surface area (Å²) in [5.41, 5.74) is -3.68.